The summed E-state index contributed by atoms with van der Waals surface area (Å²) in [6, 6.07) is 0. The molecule has 0 aliphatic carbocycles. The van der Waals surface area contributed by atoms with Gasteiger partial charge < -0.3 is 20.7 Å². The van der Waals surface area contributed by atoms with Gasteiger partial charge in [-0.3, -0.25) is 14.5 Å². The molecule has 2 amide bonds. The minimum absolute atomic E-state index is 0.000681. The van der Waals surface area contributed by atoms with Crippen LogP contribution in [0.1, 0.15) is 6.42 Å². The van der Waals surface area contributed by atoms with Crippen molar-refractivity contribution >= 4 is 11.8 Å². The molecular formula is C12H22N4O3. The van der Waals surface area contributed by atoms with Crippen LogP contribution in [0.2, 0.25) is 0 Å². The largest absolute Gasteiger partial charge is 0.379 e. The Morgan fingerprint density at radius 3 is 2.53 bits per heavy atom. The summed E-state index contributed by atoms with van der Waals surface area (Å²) >= 11 is 0. The number of carbonyl (C=O) groups excluding carboxylic acids is 2. The number of amides is 2. The summed E-state index contributed by atoms with van der Waals surface area (Å²) in [7, 11) is 1.63. The average Bonchev–Trinajstić information content (AvgIpc) is 2.87. The van der Waals surface area contributed by atoms with E-state index in [2.05, 4.69) is 5.32 Å². The van der Waals surface area contributed by atoms with E-state index in [9.17, 15) is 9.59 Å². The van der Waals surface area contributed by atoms with Crippen molar-refractivity contribution in [3.63, 3.8) is 0 Å². The van der Waals surface area contributed by atoms with E-state index in [1.807, 2.05) is 4.90 Å². The Morgan fingerprint density at radius 1 is 1.32 bits per heavy atom. The number of ether oxygens (including phenoxy) is 1. The fourth-order valence-electron chi connectivity index (χ4n) is 2.46. The monoisotopic (exact) mass is 270 g/mol. The third-order valence-electron chi connectivity index (χ3n) is 3.78. The Labute approximate surface area is 113 Å². The summed E-state index contributed by atoms with van der Waals surface area (Å²) in [6.45, 7) is 3.90. The van der Waals surface area contributed by atoms with Crippen LogP contribution in [-0.2, 0) is 14.3 Å². The number of hydrogen-bond donors (Lipinski definition) is 2. The molecule has 0 spiro atoms. The van der Waals surface area contributed by atoms with Gasteiger partial charge in [-0.15, -0.1) is 0 Å². The van der Waals surface area contributed by atoms with Gasteiger partial charge in [0.25, 0.3) is 0 Å². The van der Waals surface area contributed by atoms with Crippen molar-refractivity contribution in [2.24, 2.45) is 5.73 Å². The molecule has 0 saturated carbocycles. The van der Waals surface area contributed by atoms with Gasteiger partial charge in [0.15, 0.2) is 0 Å². The molecule has 0 aromatic heterocycles. The number of likely N-dealkylation sites (N-methyl/N-ethyl adjacent to an activating group) is 1. The normalized spacial score (nSPS) is 28.4. The summed E-state index contributed by atoms with van der Waals surface area (Å²) in [6.07, 6.45) is 0.588. The quantitative estimate of drug-likeness (QED) is 0.619. The van der Waals surface area contributed by atoms with Gasteiger partial charge in [0, 0.05) is 39.8 Å². The summed E-state index contributed by atoms with van der Waals surface area (Å²) in [5, 5.41) is 2.60. The van der Waals surface area contributed by atoms with E-state index in [-0.39, 0.29) is 11.8 Å². The van der Waals surface area contributed by atoms with Crippen molar-refractivity contribution in [3.05, 3.63) is 0 Å². The highest BCUT2D eigenvalue weighted by atomic mass is 16.5. The maximum absolute atomic E-state index is 12.3. The summed E-state index contributed by atoms with van der Waals surface area (Å²) in [5.41, 5.74) is 5.23. The fourth-order valence-corrected chi connectivity index (χ4v) is 2.46. The van der Waals surface area contributed by atoms with E-state index in [1.165, 1.54) is 0 Å². The summed E-state index contributed by atoms with van der Waals surface area (Å²) in [4.78, 5) is 27.4. The number of nitrogens with zero attached hydrogens (tertiary/aromatic N) is 2. The molecule has 2 rings (SSSR count). The van der Waals surface area contributed by atoms with E-state index >= 15 is 0 Å². The molecule has 2 fully saturated rings. The molecule has 1 atom stereocenters. The zero-order chi connectivity index (χ0) is 13.9. The van der Waals surface area contributed by atoms with Gasteiger partial charge in [0.05, 0.1) is 13.2 Å². The fraction of sp³-hybridized carbons (Fsp3) is 0.833. The molecule has 0 aromatic carbocycles. The highest BCUT2D eigenvalue weighted by Crippen LogP contribution is 2.19. The lowest BCUT2D eigenvalue weighted by molar-refractivity contribution is -0.139. The van der Waals surface area contributed by atoms with Gasteiger partial charge in [-0.2, -0.15) is 0 Å². The molecule has 108 valence electrons. The average molecular weight is 270 g/mol. The molecule has 7 nitrogen and oxygen atoms in total. The van der Waals surface area contributed by atoms with Crippen LogP contribution in [0.15, 0.2) is 0 Å². The SMILES string of the molecule is CNC(=O)CN1CCN(C(=O)C2(N)CCOC2)CC1. The Balaban J connectivity index is 1.82. The highest BCUT2D eigenvalue weighted by molar-refractivity contribution is 5.86. The molecule has 0 bridgehead atoms. The topological polar surface area (TPSA) is 87.9 Å². The first-order chi connectivity index (χ1) is 9.05. The Bertz CT molecular complexity index is 347. The second-order valence-corrected chi connectivity index (χ2v) is 5.20. The van der Waals surface area contributed by atoms with Crippen LogP contribution < -0.4 is 11.1 Å². The van der Waals surface area contributed by atoms with Crippen LogP contribution in [0.5, 0.6) is 0 Å². The Morgan fingerprint density at radius 2 is 2.00 bits per heavy atom. The first-order valence-corrected chi connectivity index (χ1v) is 6.64. The molecule has 0 radical (unpaired) electrons. The zero-order valence-corrected chi connectivity index (χ0v) is 11.4. The van der Waals surface area contributed by atoms with Crippen molar-refractivity contribution in [2.75, 3.05) is 53.0 Å². The Kier molecular flexibility index (Phi) is 4.38. The van der Waals surface area contributed by atoms with Crippen molar-refractivity contribution in [3.8, 4) is 0 Å². The zero-order valence-electron chi connectivity index (χ0n) is 11.4. The van der Waals surface area contributed by atoms with Gasteiger partial charge in [0.1, 0.15) is 5.54 Å². The molecule has 2 aliphatic heterocycles. The number of hydrogen-bond acceptors (Lipinski definition) is 5. The van der Waals surface area contributed by atoms with Gasteiger partial charge in [-0.25, -0.2) is 0 Å². The van der Waals surface area contributed by atoms with Crippen molar-refractivity contribution in [1.29, 1.82) is 0 Å². The van der Waals surface area contributed by atoms with Crippen molar-refractivity contribution in [2.45, 2.75) is 12.0 Å². The lowest BCUT2D eigenvalue weighted by Crippen LogP contribution is -2.60. The van der Waals surface area contributed by atoms with Crippen LogP contribution in [0.4, 0.5) is 0 Å². The number of rotatable bonds is 3. The second-order valence-electron chi connectivity index (χ2n) is 5.20. The standard InChI is InChI=1S/C12H22N4O3/c1-14-10(17)8-15-3-5-16(6-4-15)11(18)12(13)2-7-19-9-12/h2-9,13H2,1H3,(H,14,17). The third kappa shape index (κ3) is 3.23. The molecule has 2 aliphatic rings. The van der Waals surface area contributed by atoms with E-state index < -0.39 is 5.54 Å². The van der Waals surface area contributed by atoms with E-state index in [0.717, 1.165) is 0 Å². The van der Waals surface area contributed by atoms with E-state index in [1.54, 1.807) is 11.9 Å². The maximum Gasteiger partial charge on any atom is 0.245 e. The molecule has 2 heterocycles. The lowest BCUT2D eigenvalue weighted by atomic mass is 9.98. The van der Waals surface area contributed by atoms with Crippen molar-refractivity contribution < 1.29 is 14.3 Å². The minimum Gasteiger partial charge on any atom is -0.379 e. The second kappa shape index (κ2) is 5.85. The smallest absolute Gasteiger partial charge is 0.245 e. The number of nitrogens with two attached hydrogens (primary N) is 1. The predicted molar refractivity (Wildman–Crippen MR) is 69.4 cm³/mol. The molecule has 7 heteroatoms. The molecular weight excluding hydrogens is 248 g/mol. The van der Waals surface area contributed by atoms with Gasteiger partial charge >= 0.3 is 0 Å². The van der Waals surface area contributed by atoms with Gasteiger partial charge in [0.2, 0.25) is 11.8 Å². The Hall–Kier alpha value is -1.18. The van der Waals surface area contributed by atoms with E-state index in [4.69, 9.17) is 10.5 Å². The first kappa shape index (κ1) is 14.2. The number of carbonyl (C=O) groups is 2. The number of piperazine rings is 1. The lowest BCUT2D eigenvalue weighted by Gasteiger charge is -2.37. The molecule has 0 aromatic rings. The first-order valence-electron chi connectivity index (χ1n) is 6.64. The van der Waals surface area contributed by atoms with Crippen LogP contribution in [0, 0.1) is 0 Å². The summed E-state index contributed by atoms with van der Waals surface area (Å²) in [5.74, 6) is -0.0242. The predicted octanol–water partition coefficient (Wildman–Crippen LogP) is -2.01. The summed E-state index contributed by atoms with van der Waals surface area (Å²) < 4.78 is 5.22. The molecule has 2 saturated heterocycles. The van der Waals surface area contributed by atoms with Crippen LogP contribution in [0.25, 0.3) is 0 Å². The van der Waals surface area contributed by atoms with Gasteiger partial charge in [-0.05, 0) is 6.42 Å². The van der Waals surface area contributed by atoms with Crippen LogP contribution >= 0.6 is 0 Å². The van der Waals surface area contributed by atoms with Crippen LogP contribution in [-0.4, -0.2) is 80.1 Å². The maximum atomic E-state index is 12.3. The van der Waals surface area contributed by atoms with E-state index in [0.29, 0.717) is 52.4 Å². The number of nitrogens with one attached hydrogen (secondary N) is 1. The molecule has 19 heavy (non-hydrogen) atoms. The van der Waals surface area contributed by atoms with Gasteiger partial charge in [-0.1, -0.05) is 0 Å². The third-order valence-corrected chi connectivity index (χ3v) is 3.78. The van der Waals surface area contributed by atoms with Crippen LogP contribution in [0.3, 0.4) is 0 Å². The molecule has 1 unspecified atom stereocenters. The minimum atomic E-state index is -0.844. The highest BCUT2D eigenvalue weighted by Gasteiger charge is 2.41. The van der Waals surface area contributed by atoms with Crippen molar-refractivity contribution in [1.82, 2.24) is 15.1 Å². The molecule has 3 N–H and O–H groups in total.